The molecule has 0 aliphatic heterocycles. The second kappa shape index (κ2) is 5.87. The van der Waals surface area contributed by atoms with Crippen molar-refractivity contribution < 1.29 is 4.39 Å². The van der Waals surface area contributed by atoms with Gasteiger partial charge in [-0.1, -0.05) is 32.0 Å². The van der Waals surface area contributed by atoms with Crippen LogP contribution in [0.25, 0.3) is 0 Å². The standard InChI is InChI=1S/C15H21FN2S/c1-10-5-3-4-6-14(10)18(2)11-7-8-12(15(17)19)13(16)9-11/h7-10,14H,3-6H2,1-2H3,(H2,17,19). The fraction of sp³-hybridized carbons (Fsp3) is 0.533. The smallest absolute Gasteiger partial charge is 0.135 e. The molecule has 1 aliphatic carbocycles. The van der Waals surface area contributed by atoms with E-state index in [1.54, 1.807) is 6.07 Å². The van der Waals surface area contributed by atoms with Crippen LogP contribution in [-0.2, 0) is 0 Å². The van der Waals surface area contributed by atoms with Gasteiger partial charge in [0.15, 0.2) is 0 Å². The Balaban J connectivity index is 2.21. The Morgan fingerprint density at radius 2 is 2.05 bits per heavy atom. The zero-order chi connectivity index (χ0) is 14.0. The largest absolute Gasteiger partial charge is 0.389 e. The number of nitrogens with two attached hydrogens (primary N) is 1. The molecule has 4 heteroatoms. The summed E-state index contributed by atoms with van der Waals surface area (Å²) in [5, 5.41) is 0. The second-order valence-electron chi connectivity index (χ2n) is 5.47. The van der Waals surface area contributed by atoms with Gasteiger partial charge in [-0.25, -0.2) is 4.39 Å². The van der Waals surface area contributed by atoms with Crippen LogP contribution in [0.2, 0.25) is 0 Å². The van der Waals surface area contributed by atoms with Crippen molar-refractivity contribution >= 4 is 22.9 Å². The number of halogens is 1. The summed E-state index contributed by atoms with van der Waals surface area (Å²) in [6, 6.07) is 5.61. The van der Waals surface area contributed by atoms with Gasteiger partial charge in [0.2, 0.25) is 0 Å². The van der Waals surface area contributed by atoms with Crippen LogP contribution in [0.4, 0.5) is 10.1 Å². The highest BCUT2D eigenvalue weighted by Gasteiger charge is 2.25. The van der Waals surface area contributed by atoms with E-state index in [0.29, 0.717) is 17.5 Å². The van der Waals surface area contributed by atoms with Gasteiger partial charge in [0.25, 0.3) is 0 Å². The molecule has 2 atom stereocenters. The van der Waals surface area contributed by atoms with E-state index >= 15 is 0 Å². The van der Waals surface area contributed by atoms with E-state index in [-0.39, 0.29) is 10.8 Å². The third kappa shape index (κ3) is 3.06. The Morgan fingerprint density at radius 1 is 1.37 bits per heavy atom. The van der Waals surface area contributed by atoms with E-state index < -0.39 is 0 Å². The van der Waals surface area contributed by atoms with Crippen molar-refractivity contribution in [3.8, 4) is 0 Å². The number of hydrogen-bond acceptors (Lipinski definition) is 2. The summed E-state index contributed by atoms with van der Waals surface area (Å²) in [5.74, 6) is 0.317. The molecular weight excluding hydrogens is 259 g/mol. The van der Waals surface area contributed by atoms with Crippen molar-refractivity contribution in [1.82, 2.24) is 0 Å². The molecular formula is C15H21FN2S. The number of rotatable bonds is 3. The molecule has 19 heavy (non-hydrogen) atoms. The maximum atomic E-state index is 13.9. The maximum absolute atomic E-state index is 13.9. The Bertz CT molecular complexity index is 475. The zero-order valence-corrected chi connectivity index (χ0v) is 12.3. The molecule has 0 spiro atoms. The van der Waals surface area contributed by atoms with Crippen LogP contribution in [0.15, 0.2) is 18.2 Å². The van der Waals surface area contributed by atoms with Crippen LogP contribution in [0.3, 0.4) is 0 Å². The van der Waals surface area contributed by atoms with Gasteiger partial charge in [0.05, 0.1) is 0 Å². The predicted octanol–water partition coefficient (Wildman–Crippen LogP) is 3.47. The van der Waals surface area contributed by atoms with Crippen LogP contribution in [-0.4, -0.2) is 18.1 Å². The lowest BCUT2D eigenvalue weighted by Gasteiger charge is -2.37. The van der Waals surface area contributed by atoms with E-state index in [1.165, 1.54) is 31.7 Å². The highest BCUT2D eigenvalue weighted by Crippen LogP contribution is 2.31. The summed E-state index contributed by atoms with van der Waals surface area (Å²) < 4.78 is 13.9. The van der Waals surface area contributed by atoms with Crippen LogP contribution in [0.1, 0.15) is 38.2 Å². The number of hydrogen-bond donors (Lipinski definition) is 1. The van der Waals surface area contributed by atoms with E-state index in [4.69, 9.17) is 18.0 Å². The highest BCUT2D eigenvalue weighted by atomic mass is 32.1. The minimum absolute atomic E-state index is 0.109. The Kier molecular flexibility index (Phi) is 4.40. The van der Waals surface area contributed by atoms with Crippen LogP contribution in [0, 0.1) is 11.7 Å². The van der Waals surface area contributed by atoms with Crippen molar-refractivity contribution in [1.29, 1.82) is 0 Å². The molecule has 0 heterocycles. The predicted molar refractivity (Wildman–Crippen MR) is 82.1 cm³/mol. The molecule has 0 bridgehead atoms. The topological polar surface area (TPSA) is 29.3 Å². The second-order valence-corrected chi connectivity index (χ2v) is 5.91. The summed E-state index contributed by atoms with van der Waals surface area (Å²) in [4.78, 5) is 2.30. The molecule has 1 fully saturated rings. The summed E-state index contributed by atoms with van der Waals surface area (Å²) in [6.45, 7) is 2.28. The molecule has 1 aromatic rings. The lowest BCUT2D eigenvalue weighted by atomic mass is 9.85. The molecule has 1 aromatic carbocycles. The van der Waals surface area contributed by atoms with Gasteiger partial charge in [-0.15, -0.1) is 0 Å². The monoisotopic (exact) mass is 280 g/mol. The van der Waals surface area contributed by atoms with Crippen LogP contribution in [0.5, 0.6) is 0 Å². The fourth-order valence-corrected chi connectivity index (χ4v) is 3.15. The SMILES string of the molecule is CC1CCCCC1N(C)c1ccc(C(N)=S)c(F)c1. The first-order valence-electron chi connectivity index (χ1n) is 6.83. The molecule has 1 saturated carbocycles. The molecule has 2 N–H and O–H groups in total. The summed E-state index contributed by atoms with van der Waals surface area (Å²) in [7, 11) is 2.04. The third-order valence-corrected chi connectivity index (χ3v) is 4.41. The average molecular weight is 280 g/mol. The third-order valence-electron chi connectivity index (χ3n) is 4.19. The van der Waals surface area contributed by atoms with Crippen LogP contribution >= 0.6 is 12.2 Å². The Hall–Kier alpha value is -1.16. The van der Waals surface area contributed by atoms with E-state index in [9.17, 15) is 4.39 Å². The van der Waals surface area contributed by atoms with E-state index in [0.717, 1.165) is 5.69 Å². The first kappa shape index (κ1) is 14.3. The molecule has 2 nitrogen and oxygen atoms in total. The number of thiocarbonyl (C=S) groups is 1. The van der Waals surface area contributed by atoms with E-state index in [1.807, 2.05) is 13.1 Å². The van der Waals surface area contributed by atoms with Crippen molar-refractivity contribution in [2.75, 3.05) is 11.9 Å². The quantitative estimate of drug-likeness (QED) is 0.860. The summed E-state index contributed by atoms with van der Waals surface area (Å²) >= 11 is 4.83. The molecule has 0 aromatic heterocycles. The normalized spacial score (nSPS) is 23.1. The minimum Gasteiger partial charge on any atom is -0.389 e. The number of benzene rings is 1. The molecule has 104 valence electrons. The molecule has 1 aliphatic rings. The summed E-state index contributed by atoms with van der Waals surface area (Å²) in [6.07, 6.45) is 4.99. The first-order valence-corrected chi connectivity index (χ1v) is 7.23. The van der Waals surface area contributed by atoms with Crippen molar-refractivity contribution in [3.05, 3.63) is 29.6 Å². The van der Waals surface area contributed by atoms with Gasteiger partial charge in [-0.05, 0) is 37.0 Å². The van der Waals surface area contributed by atoms with E-state index in [2.05, 4.69) is 11.8 Å². The minimum atomic E-state index is -0.333. The lowest BCUT2D eigenvalue weighted by Crippen LogP contribution is -2.39. The van der Waals surface area contributed by atoms with Crippen molar-refractivity contribution in [3.63, 3.8) is 0 Å². The molecule has 0 amide bonds. The average Bonchev–Trinajstić information content (AvgIpc) is 2.38. The highest BCUT2D eigenvalue weighted by molar-refractivity contribution is 7.80. The van der Waals surface area contributed by atoms with Gasteiger partial charge in [-0.3, -0.25) is 0 Å². The lowest BCUT2D eigenvalue weighted by molar-refractivity contribution is 0.321. The Morgan fingerprint density at radius 3 is 2.63 bits per heavy atom. The van der Waals surface area contributed by atoms with Gasteiger partial charge in [0, 0.05) is 24.3 Å². The summed E-state index contributed by atoms with van der Waals surface area (Å²) in [5.41, 5.74) is 6.71. The molecule has 0 radical (unpaired) electrons. The number of nitrogens with zero attached hydrogens (tertiary/aromatic N) is 1. The molecule has 2 rings (SSSR count). The van der Waals surface area contributed by atoms with Gasteiger partial charge < -0.3 is 10.6 Å². The Labute approximate surface area is 119 Å². The first-order chi connectivity index (χ1) is 9.00. The maximum Gasteiger partial charge on any atom is 0.135 e. The molecule has 0 saturated heterocycles. The molecule has 2 unspecified atom stereocenters. The van der Waals surface area contributed by atoms with Crippen LogP contribution < -0.4 is 10.6 Å². The fourth-order valence-electron chi connectivity index (χ4n) is 2.99. The van der Waals surface area contributed by atoms with Gasteiger partial charge in [0.1, 0.15) is 10.8 Å². The van der Waals surface area contributed by atoms with Crippen molar-refractivity contribution in [2.45, 2.75) is 38.6 Å². The van der Waals surface area contributed by atoms with Crippen molar-refractivity contribution in [2.24, 2.45) is 11.7 Å². The number of anilines is 1. The van der Waals surface area contributed by atoms with Gasteiger partial charge in [-0.2, -0.15) is 0 Å². The zero-order valence-electron chi connectivity index (χ0n) is 11.5. The van der Waals surface area contributed by atoms with Gasteiger partial charge >= 0.3 is 0 Å².